The summed E-state index contributed by atoms with van der Waals surface area (Å²) in [6, 6.07) is 4.63. The Hall–Kier alpha value is -1.33. The monoisotopic (exact) mass is 264 g/mol. The van der Waals surface area contributed by atoms with E-state index >= 15 is 0 Å². The maximum atomic E-state index is 4.41. The Morgan fingerprint density at radius 1 is 1.50 bits per heavy atom. The molecule has 0 aliphatic rings. The van der Waals surface area contributed by atoms with Crippen molar-refractivity contribution in [1.29, 1.82) is 0 Å². The zero-order chi connectivity index (χ0) is 13.1. The molecule has 0 saturated carbocycles. The van der Waals surface area contributed by atoms with Crippen LogP contribution in [-0.2, 0) is 13.6 Å². The third-order valence-corrected chi connectivity index (χ3v) is 4.07. The van der Waals surface area contributed by atoms with E-state index < -0.39 is 0 Å². The van der Waals surface area contributed by atoms with E-state index in [0.717, 1.165) is 12.5 Å². The van der Waals surface area contributed by atoms with Crippen LogP contribution in [0.25, 0.3) is 0 Å². The molecule has 0 unspecified atom stereocenters. The fourth-order valence-electron chi connectivity index (χ4n) is 1.91. The molecule has 2 heterocycles. The molecule has 0 amide bonds. The Balaban J connectivity index is 1.98. The first-order chi connectivity index (χ1) is 8.59. The summed E-state index contributed by atoms with van der Waals surface area (Å²) in [4.78, 5) is 7.79. The largest absolute Gasteiger partial charge is 0.348 e. The molecule has 1 atom stereocenters. The average Bonchev–Trinajstić information content (AvgIpc) is 2.95. The number of nitrogens with one attached hydrogen (secondary N) is 1. The molecule has 2 rings (SSSR count). The number of hydrogen-bond donors (Lipinski definition) is 1. The van der Waals surface area contributed by atoms with Crippen molar-refractivity contribution < 1.29 is 0 Å². The van der Waals surface area contributed by atoms with Gasteiger partial charge in [0.05, 0.1) is 11.9 Å². The summed E-state index contributed by atoms with van der Waals surface area (Å²) in [5, 5.41) is 5.64. The van der Waals surface area contributed by atoms with Crippen LogP contribution in [0.3, 0.4) is 0 Å². The van der Waals surface area contributed by atoms with Gasteiger partial charge in [-0.15, -0.1) is 11.3 Å². The Labute approximate surface area is 112 Å². The Morgan fingerprint density at radius 3 is 2.83 bits per heavy atom. The zero-order valence-corrected chi connectivity index (χ0v) is 12.2. The summed E-state index contributed by atoms with van der Waals surface area (Å²) in [6.07, 6.45) is 1.93. The van der Waals surface area contributed by atoms with Crippen LogP contribution < -0.4 is 10.2 Å². The molecule has 0 aliphatic carbocycles. The lowest BCUT2D eigenvalue weighted by molar-refractivity contribution is 0.565. The molecule has 1 N–H and O–H groups in total. The van der Waals surface area contributed by atoms with E-state index in [1.165, 1.54) is 10.6 Å². The Kier molecular flexibility index (Phi) is 4.04. The van der Waals surface area contributed by atoms with E-state index in [9.17, 15) is 0 Å². The summed E-state index contributed by atoms with van der Waals surface area (Å²) in [5.74, 6) is 0.982. The van der Waals surface area contributed by atoms with Crippen molar-refractivity contribution in [3.63, 3.8) is 0 Å². The molecule has 0 saturated heterocycles. The van der Waals surface area contributed by atoms with Crippen molar-refractivity contribution >= 4 is 17.3 Å². The minimum atomic E-state index is 0.378. The van der Waals surface area contributed by atoms with Gasteiger partial charge in [0.2, 0.25) is 5.95 Å². The third-order valence-electron chi connectivity index (χ3n) is 3.02. The SMILES string of the molecule is C[C@H](NCc1cnc(N(C)C)n1C)c1cccs1. The topological polar surface area (TPSA) is 33.1 Å². The van der Waals surface area contributed by atoms with Crippen molar-refractivity contribution in [2.45, 2.75) is 19.5 Å². The van der Waals surface area contributed by atoms with Crippen LogP contribution in [0.15, 0.2) is 23.7 Å². The molecule has 4 nitrogen and oxygen atoms in total. The van der Waals surface area contributed by atoms with Crippen LogP contribution in [0.5, 0.6) is 0 Å². The first-order valence-corrected chi connectivity index (χ1v) is 6.92. The fraction of sp³-hybridized carbons (Fsp3) is 0.462. The molecule has 5 heteroatoms. The summed E-state index contributed by atoms with van der Waals surface area (Å²) in [6.45, 7) is 3.02. The van der Waals surface area contributed by atoms with E-state index in [2.05, 4.69) is 46.4 Å². The molecule has 0 spiro atoms. The summed E-state index contributed by atoms with van der Waals surface area (Å²) in [7, 11) is 6.07. The standard InChI is InChI=1S/C13H20N4S/c1-10(12-6-5-7-18-12)14-8-11-9-15-13(16(2)3)17(11)4/h5-7,9-10,14H,8H2,1-4H3/t10-/m0/s1. The number of nitrogens with zero attached hydrogens (tertiary/aromatic N) is 3. The van der Waals surface area contributed by atoms with Crippen LogP contribution in [0.4, 0.5) is 5.95 Å². The molecule has 0 aromatic carbocycles. The van der Waals surface area contributed by atoms with Gasteiger partial charge in [0.25, 0.3) is 0 Å². The van der Waals surface area contributed by atoms with Gasteiger partial charge in [0.1, 0.15) is 0 Å². The molecule has 98 valence electrons. The summed E-state index contributed by atoms with van der Waals surface area (Å²) in [5.41, 5.74) is 1.20. The van der Waals surface area contributed by atoms with Crippen LogP contribution in [0, 0.1) is 0 Å². The lowest BCUT2D eigenvalue weighted by Crippen LogP contribution is -2.20. The molecule has 2 aromatic heterocycles. The highest BCUT2D eigenvalue weighted by atomic mass is 32.1. The quantitative estimate of drug-likeness (QED) is 0.900. The van der Waals surface area contributed by atoms with E-state index in [4.69, 9.17) is 0 Å². The van der Waals surface area contributed by atoms with Crippen LogP contribution >= 0.6 is 11.3 Å². The highest BCUT2D eigenvalue weighted by Gasteiger charge is 2.10. The van der Waals surface area contributed by atoms with Gasteiger partial charge in [-0.25, -0.2) is 4.98 Å². The van der Waals surface area contributed by atoms with E-state index in [0.29, 0.717) is 6.04 Å². The normalized spacial score (nSPS) is 12.7. The maximum absolute atomic E-state index is 4.41. The van der Waals surface area contributed by atoms with Gasteiger partial charge >= 0.3 is 0 Å². The second kappa shape index (κ2) is 5.54. The van der Waals surface area contributed by atoms with Gasteiger partial charge < -0.3 is 14.8 Å². The number of imidazole rings is 1. The van der Waals surface area contributed by atoms with Gasteiger partial charge in [-0.2, -0.15) is 0 Å². The molecule has 0 bridgehead atoms. The molecule has 0 radical (unpaired) electrons. The minimum absolute atomic E-state index is 0.378. The van der Waals surface area contributed by atoms with Gasteiger partial charge in [0, 0.05) is 38.6 Å². The highest BCUT2D eigenvalue weighted by Crippen LogP contribution is 2.19. The Morgan fingerprint density at radius 2 is 2.28 bits per heavy atom. The third kappa shape index (κ3) is 2.73. The lowest BCUT2D eigenvalue weighted by Gasteiger charge is -2.15. The maximum Gasteiger partial charge on any atom is 0.204 e. The first-order valence-electron chi connectivity index (χ1n) is 6.04. The summed E-state index contributed by atoms with van der Waals surface area (Å²) < 4.78 is 2.12. The van der Waals surface area contributed by atoms with Gasteiger partial charge in [-0.05, 0) is 18.4 Å². The molecular formula is C13H20N4S. The zero-order valence-electron chi connectivity index (χ0n) is 11.3. The smallest absolute Gasteiger partial charge is 0.204 e. The lowest BCUT2D eigenvalue weighted by atomic mass is 10.2. The van der Waals surface area contributed by atoms with Crippen molar-refractivity contribution in [2.75, 3.05) is 19.0 Å². The number of anilines is 1. The molecule has 18 heavy (non-hydrogen) atoms. The van der Waals surface area contributed by atoms with E-state index in [1.54, 1.807) is 11.3 Å². The van der Waals surface area contributed by atoms with Crippen LogP contribution in [-0.4, -0.2) is 23.6 Å². The Bertz CT molecular complexity index is 487. The van der Waals surface area contributed by atoms with E-state index in [-0.39, 0.29) is 0 Å². The summed E-state index contributed by atoms with van der Waals surface area (Å²) >= 11 is 1.79. The fourth-order valence-corrected chi connectivity index (χ4v) is 2.67. The van der Waals surface area contributed by atoms with E-state index in [1.807, 2.05) is 25.2 Å². The number of aromatic nitrogens is 2. The van der Waals surface area contributed by atoms with Crippen LogP contribution in [0.1, 0.15) is 23.5 Å². The number of rotatable bonds is 5. The van der Waals surface area contributed by atoms with Crippen molar-refractivity contribution in [2.24, 2.45) is 7.05 Å². The van der Waals surface area contributed by atoms with Crippen molar-refractivity contribution in [3.05, 3.63) is 34.3 Å². The number of hydrogen-bond acceptors (Lipinski definition) is 4. The minimum Gasteiger partial charge on any atom is -0.348 e. The second-order valence-electron chi connectivity index (χ2n) is 4.62. The van der Waals surface area contributed by atoms with Gasteiger partial charge in [-0.1, -0.05) is 6.07 Å². The predicted molar refractivity (Wildman–Crippen MR) is 77.1 cm³/mol. The second-order valence-corrected chi connectivity index (χ2v) is 5.60. The van der Waals surface area contributed by atoms with Gasteiger partial charge in [0.15, 0.2) is 0 Å². The highest BCUT2D eigenvalue weighted by molar-refractivity contribution is 7.10. The predicted octanol–water partition coefficient (Wildman–Crippen LogP) is 2.40. The molecular weight excluding hydrogens is 244 g/mol. The molecule has 2 aromatic rings. The molecule has 0 fully saturated rings. The molecule has 0 aliphatic heterocycles. The van der Waals surface area contributed by atoms with Crippen molar-refractivity contribution in [1.82, 2.24) is 14.9 Å². The number of thiophene rings is 1. The average molecular weight is 264 g/mol. The van der Waals surface area contributed by atoms with Crippen LogP contribution in [0.2, 0.25) is 0 Å². The van der Waals surface area contributed by atoms with Gasteiger partial charge in [-0.3, -0.25) is 0 Å². The van der Waals surface area contributed by atoms with Crippen molar-refractivity contribution in [3.8, 4) is 0 Å². The first kappa shape index (κ1) is 13.1.